The van der Waals surface area contributed by atoms with Crippen molar-refractivity contribution in [2.45, 2.75) is 47.6 Å². The number of alkyl halides is 17. The van der Waals surface area contributed by atoms with Crippen LogP contribution < -0.4 is 5.32 Å². The first-order valence-electron chi connectivity index (χ1n) is 7.93. The molecule has 0 saturated carbocycles. The molecule has 0 radical (unpaired) electrons. The maximum atomic E-state index is 13.7. The van der Waals surface area contributed by atoms with Crippen molar-refractivity contribution >= 4 is 11.6 Å². The molecule has 0 bridgehead atoms. The molecule has 1 rings (SSSR count). The van der Waals surface area contributed by atoms with E-state index < -0.39 is 65.0 Å². The van der Waals surface area contributed by atoms with Crippen LogP contribution in [0.3, 0.4) is 0 Å². The van der Waals surface area contributed by atoms with E-state index in [-0.39, 0.29) is 0 Å². The number of amides is 1. The number of hydrogen-bond acceptors (Lipinski definition) is 1. The molecular formula is C15H5F18NO. The van der Waals surface area contributed by atoms with E-state index in [0.29, 0.717) is 23.5 Å². The lowest BCUT2D eigenvalue weighted by Crippen LogP contribution is -2.75. The highest BCUT2D eigenvalue weighted by molar-refractivity contribution is 5.97. The highest BCUT2D eigenvalue weighted by Gasteiger charge is 2.95. The zero-order valence-electron chi connectivity index (χ0n) is 15.5. The second-order valence-electron chi connectivity index (χ2n) is 6.45. The van der Waals surface area contributed by atoms with Gasteiger partial charge in [-0.05, 0) is 12.1 Å². The van der Waals surface area contributed by atoms with E-state index in [2.05, 4.69) is 0 Å². The quantitative estimate of drug-likeness (QED) is 0.352. The Morgan fingerprint density at radius 3 is 1.26 bits per heavy atom. The molecule has 0 aliphatic carbocycles. The Bertz CT molecular complexity index is 949. The van der Waals surface area contributed by atoms with Crippen LogP contribution in [0.1, 0.15) is 0 Å². The van der Waals surface area contributed by atoms with E-state index in [0.717, 1.165) is 6.07 Å². The van der Waals surface area contributed by atoms with Crippen molar-refractivity contribution in [3.05, 3.63) is 30.1 Å². The van der Waals surface area contributed by atoms with E-state index >= 15 is 0 Å². The first-order valence-corrected chi connectivity index (χ1v) is 7.93. The number of para-hydroxylation sites is 1. The van der Waals surface area contributed by atoms with Crippen LogP contribution in [0.5, 0.6) is 0 Å². The van der Waals surface area contributed by atoms with E-state index in [1.807, 2.05) is 0 Å². The molecule has 35 heavy (non-hydrogen) atoms. The van der Waals surface area contributed by atoms with Gasteiger partial charge in [0, 0.05) is 0 Å². The summed E-state index contributed by atoms with van der Waals surface area (Å²) in [6.07, 6.45) is -7.86. The summed E-state index contributed by atoms with van der Waals surface area (Å²) in [6.45, 7) is 0. The minimum atomic E-state index is -8.80. The van der Waals surface area contributed by atoms with Crippen LogP contribution >= 0.6 is 0 Å². The predicted molar refractivity (Wildman–Crippen MR) is 75.7 cm³/mol. The van der Waals surface area contributed by atoms with Crippen LogP contribution in [0, 0.1) is 5.82 Å². The van der Waals surface area contributed by atoms with Gasteiger partial charge in [0.1, 0.15) is 5.82 Å². The second kappa shape index (κ2) is 8.24. The van der Waals surface area contributed by atoms with Gasteiger partial charge >= 0.3 is 53.5 Å². The maximum absolute atomic E-state index is 13.7. The van der Waals surface area contributed by atoms with Gasteiger partial charge in [-0.25, -0.2) is 4.39 Å². The van der Waals surface area contributed by atoms with Crippen molar-refractivity contribution in [3.63, 3.8) is 0 Å². The SMILES string of the molecule is O=C(Nc1ccccc1F)C(F)(F)C(F)(F)C(F)(F)C(F)(F)C(F)(F)C(F)(F)C(F)(F)C(F)(F)F. The van der Waals surface area contributed by atoms with Crippen LogP contribution in [-0.4, -0.2) is 53.5 Å². The summed E-state index contributed by atoms with van der Waals surface area (Å²) in [4.78, 5) is 11.3. The highest BCUT2D eigenvalue weighted by Crippen LogP contribution is 2.64. The molecule has 0 aliphatic rings. The molecule has 20 heteroatoms. The number of rotatable bonds is 8. The Kier molecular flexibility index (Phi) is 7.17. The van der Waals surface area contributed by atoms with Crippen LogP contribution in [0.15, 0.2) is 24.3 Å². The zero-order valence-corrected chi connectivity index (χ0v) is 15.5. The minimum Gasteiger partial charge on any atom is -0.318 e. The number of hydrogen-bond donors (Lipinski definition) is 1. The Labute approximate surface area is 179 Å². The summed E-state index contributed by atoms with van der Waals surface area (Å²) in [5, 5.41) is 0.467. The molecule has 202 valence electrons. The van der Waals surface area contributed by atoms with Crippen molar-refractivity contribution in [1.29, 1.82) is 0 Å². The molecule has 0 unspecified atom stereocenters. The summed E-state index contributed by atoms with van der Waals surface area (Å²) in [7, 11) is 0. The van der Waals surface area contributed by atoms with Crippen LogP contribution in [0.2, 0.25) is 0 Å². The van der Waals surface area contributed by atoms with Crippen molar-refractivity contribution in [1.82, 2.24) is 0 Å². The molecule has 1 amide bonds. The third kappa shape index (κ3) is 4.11. The number of benzene rings is 1. The van der Waals surface area contributed by atoms with Crippen molar-refractivity contribution in [3.8, 4) is 0 Å². The molecule has 0 saturated heterocycles. The summed E-state index contributed by atoms with van der Waals surface area (Å²) < 4.78 is 236. The third-order valence-corrected chi connectivity index (χ3v) is 4.13. The molecule has 0 aliphatic heterocycles. The molecule has 0 atom stereocenters. The molecule has 0 spiro atoms. The van der Waals surface area contributed by atoms with Crippen molar-refractivity contribution in [2.75, 3.05) is 5.32 Å². The van der Waals surface area contributed by atoms with E-state index in [9.17, 15) is 83.8 Å². The van der Waals surface area contributed by atoms with Gasteiger partial charge in [-0.1, -0.05) is 12.1 Å². The standard InChI is InChI=1S/C15H5F18NO/c16-5-3-1-2-4-6(5)34-7(35)8(17,18)9(19,20)10(21,22)11(23,24)12(25,26)13(27,28)14(29,30)15(31,32)33/h1-4H,(H,34,35). The van der Waals surface area contributed by atoms with Crippen molar-refractivity contribution in [2.24, 2.45) is 0 Å². The lowest BCUT2D eigenvalue weighted by molar-refractivity contribution is -0.459. The van der Waals surface area contributed by atoms with E-state index in [1.165, 1.54) is 0 Å². The molecule has 0 aromatic heterocycles. The molecule has 1 N–H and O–H groups in total. The Balaban J connectivity index is 3.60. The fraction of sp³-hybridized carbons (Fsp3) is 0.533. The highest BCUT2D eigenvalue weighted by atomic mass is 19.4. The van der Waals surface area contributed by atoms with E-state index in [4.69, 9.17) is 0 Å². The second-order valence-corrected chi connectivity index (χ2v) is 6.45. The van der Waals surface area contributed by atoms with Gasteiger partial charge < -0.3 is 5.32 Å². The predicted octanol–water partition coefficient (Wildman–Crippen LogP) is 6.77. The maximum Gasteiger partial charge on any atom is 0.460 e. The largest absolute Gasteiger partial charge is 0.460 e. The van der Waals surface area contributed by atoms with Gasteiger partial charge in [0.05, 0.1) is 5.69 Å². The average Bonchev–Trinajstić information content (AvgIpc) is 2.67. The van der Waals surface area contributed by atoms with Crippen LogP contribution in [0.25, 0.3) is 0 Å². The summed E-state index contributed by atoms with van der Waals surface area (Å²) in [5.41, 5.74) is -1.51. The average molecular weight is 557 g/mol. The van der Waals surface area contributed by atoms with E-state index in [1.54, 1.807) is 0 Å². The molecule has 1 aromatic carbocycles. The smallest absolute Gasteiger partial charge is 0.318 e. The van der Waals surface area contributed by atoms with Gasteiger partial charge in [-0.15, -0.1) is 0 Å². The Hall–Kier alpha value is -2.57. The monoisotopic (exact) mass is 557 g/mol. The number of carbonyl (C=O) groups is 1. The first kappa shape index (κ1) is 30.5. The number of halogens is 18. The third-order valence-electron chi connectivity index (χ3n) is 4.13. The lowest BCUT2D eigenvalue weighted by atomic mass is 9.89. The van der Waals surface area contributed by atoms with Gasteiger partial charge in [0.15, 0.2) is 0 Å². The number of nitrogens with one attached hydrogen (secondary N) is 1. The number of carbonyl (C=O) groups excluding carboxylic acids is 1. The van der Waals surface area contributed by atoms with Gasteiger partial charge in [-0.2, -0.15) is 74.6 Å². The van der Waals surface area contributed by atoms with Gasteiger partial charge in [-0.3, -0.25) is 4.79 Å². The summed E-state index contributed by atoms with van der Waals surface area (Å²) >= 11 is 0. The van der Waals surface area contributed by atoms with Crippen LogP contribution in [-0.2, 0) is 4.79 Å². The minimum absolute atomic E-state index is 0.294. The Morgan fingerprint density at radius 1 is 0.543 bits per heavy atom. The lowest BCUT2D eigenvalue weighted by Gasteiger charge is -2.42. The molecular weight excluding hydrogens is 552 g/mol. The fourth-order valence-electron chi connectivity index (χ4n) is 2.07. The molecule has 0 heterocycles. The van der Waals surface area contributed by atoms with Gasteiger partial charge in [0.25, 0.3) is 0 Å². The first-order chi connectivity index (χ1) is 15.2. The summed E-state index contributed by atoms with van der Waals surface area (Å²) in [5.74, 6) is -64.2. The van der Waals surface area contributed by atoms with Gasteiger partial charge in [0.2, 0.25) is 0 Å². The topological polar surface area (TPSA) is 29.1 Å². The molecule has 1 aromatic rings. The molecule has 0 fully saturated rings. The summed E-state index contributed by atoms with van der Waals surface area (Å²) in [6, 6.07) is 2.10. The van der Waals surface area contributed by atoms with Crippen molar-refractivity contribution < 1.29 is 83.8 Å². The normalized spacial score (nSPS) is 15.3. The zero-order chi connectivity index (χ0) is 28.3. The van der Waals surface area contributed by atoms with Crippen LogP contribution in [0.4, 0.5) is 84.7 Å². The molecule has 2 nitrogen and oxygen atoms in total. The Morgan fingerprint density at radius 2 is 0.886 bits per heavy atom. The number of anilines is 1. The fourth-order valence-corrected chi connectivity index (χ4v) is 2.07.